The van der Waals surface area contributed by atoms with Crippen molar-refractivity contribution < 1.29 is 0 Å². The van der Waals surface area contributed by atoms with Crippen molar-refractivity contribution in [1.29, 1.82) is 0 Å². The highest BCUT2D eigenvalue weighted by atomic mass is 32.2. The summed E-state index contributed by atoms with van der Waals surface area (Å²) in [6, 6.07) is 10.5. The summed E-state index contributed by atoms with van der Waals surface area (Å²) in [6.45, 7) is 0. The summed E-state index contributed by atoms with van der Waals surface area (Å²) in [6.07, 6.45) is 11.7. The largest absolute Gasteiger partial charge is 0.265 e. The highest BCUT2D eigenvalue weighted by Crippen LogP contribution is 2.22. The molecule has 0 radical (unpaired) electrons. The van der Waals surface area contributed by atoms with Crippen LogP contribution in [0.5, 0.6) is 0 Å². The number of hydrogen-bond acceptors (Lipinski definition) is 2. The molecule has 2 heteroatoms. The van der Waals surface area contributed by atoms with Gasteiger partial charge in [0.2, 0.25) is 0 Å². The molecule has 0 bridgehead atoms. The molecular weight excluding hydrogens is 214 g/mol. The molecule has 0 aliphatic carbocycles. The Kier molecular flexibility index (Phi) is 4.20. The molecule has 0 amide bonds. The highest BCUT2D eigenvalue weighted by Gasteiger charge is 1.95. The number of nitrogens with zero attached hydrogens (tertiary/aromatic N) is 1. The van der Waals surface area contributed by atoms with Gasteiger partial charge in [-0.25, -0.2) is 0 Å². The fraction of sp³-hybridized carbons (Fsp3) is 0.0714. The van der Waals surface area contributed by atoms with E-state index in [0.29, 0.717) is 0 Å². The lowest BCUT2D eigenvalue weighted by Crippen LogP contribution is -1.80. The molecule has 0 unspecified atom stereocenters. The molecule has 2 rings (SSSR count). The predicted octanol–water partition coefficient (Wildman–Crippen LogP) is 3.96. The Balaban J connectivity index is 1.95. The average molecular weight is 227 g/mol. The first-order chi connectivity index (χ1) is 7.95. The van der Waals surface area contributed by atoms with Gasteiger partial charge in [0.1, 0.15) is 0 Å². The molecule has 0 N–H and O–H groups in total. The Hall–Kier alpha value is -1.54. The van der Waals surface area contributed by atoms with Crippen molar-refractivity contribution in [2.24, 2.45) is 4.99 Å². The van der Waals surface area contributed by atoms with Crippen LogP contribution in [-0.4, -0.2) is 6.21 Å². The van der Waals surface area contributed by atoms with Crippen LogP contribution in [0.4, 0.5) is 0 Å². The highest BCUT2D eigenvalue weighted by molar-refractivity contribution is 8.02. The minimum atomic E-state index is 0.995. The summed E-state index contributed by atoms with van der Waals surface area (Å²) in [4.78, 5) is 5.32. The molecule has 0 saturated heterocycles. The Labute approximate surface area is 100 Å². The van der Waals surface area contributed by atoms with Crippen molar-refractivity contribution in [3.05, 3.63) is 71.3 Å². The van der Waals surface area contributed by atoms with Crippen molar-refractivity contribution >= 4 is 18.0 Å². The van der Waals surface area contributed by atoms with E-state index in [1.807, 2.05) is 42.3 Å². The van der Waals surface area contributed by atoms with Crippen LogP contribution in [0.2, 0.25) is 0 Å². The molecule has 0 saturated carbocycles. The van der Waals surface area contributed by atoms with Crippen LogP contribution in [-0.2, 0) is 5.75 Å². The predicted molar refractivity (Wildman–Crippen MR) is 72.6 cm³/mol. The Bertz CT molecular complexity index is 441. The van der Waals surface area contributed by atoms with Gasteiger partial charge < -0.3 is 0 Å². The van der Waals surface area contributed by atoms with Gasteiger partial charge in [-0.05, 0) is 23.8 Å². The van der Waals surface area contributed by atoms with Gasteiger partial charge in [0.15, 0.2) is 0 Å². The lowest BCUT2D eigenvalue weighted by atomic mass is 10.2. The summed E-state index contributed by atoms with van der Waals surface area (Å²) in [5, 5.41) is 0. The molecule has 1 aliphatic rings. The number of allylic oxidation sites excluding steroid dienone is 4. The van der Waals surface area contributed by atoms with E-state index in [0.717, 1.165) is 5.75 Å². The van der Waals surface area contributed by atoms with E-state index in [4.69, 9.17) is 0 Å². The van der Waals surface area contributed by atoms with E-state index in [2.05, 4.69) is 35.3 Å². The van der Waals surface area contributed by atoms with Crippen LogP contribution < -0.4 is 0 Å². The van der Waals surface area contributed by atoms with Crippen LogP contribution in [0.3, 0.4) is 0 Å². The Morgan fingerprint density at radius 2 is 1.94 bits per heavy atom. The second kappa shape index (κ2) is 6.13. The maximum atomic E-state index is 4.09. The first-order valence-corrected chi connectivity index (χ1v) is 6.17. The zero-order valence-electron chi connectivity index (χ0n) is 8.91. The van der Waals surface area contributed by atoms with Crippen LogP contribution in [0.25, 0.3) is 0 Å². The van der Waals surface area contributed by atoms with E-state index in [1.165, 1.54) is 10.5 Å². The van der Waals surface area contributed by atoms with E-state index in [-0.39, 0.29) is 0 Å². The van der Waals surface area contributed by atoms with Crippen molar-refractivity contribution in [2.45, 2.75) is 5.75 Å². The minimum Gasteiger partial charge on any atom is -0.265 e. The van der Waals surface area contributed by atoms with E-state index in [1.54, 1.807) is 6.21 Å². The first kappa shape index (κ1) is 11.0. The van der Waals surface area contributed by atoms with Crippen molar-refractivity contribution in [1.82, 2.24) is 0 Å². The van der Waals surface area contributed by atoms with Gasteiger partial charge in [0, 0.05) is 23.1 Å². The molecule has 1 nitrogen and oxygen atoms in total. The van der Waals surface area contributed by atoms with Gasteiger partial charge in [-0.2, -0.15) is 0 Å². The third-order valence-corrected chi connectivity index (χ3v) is 3.20. The third kappa shape index (κ3) is 3.55. The van der Waals surface area contributed by atoms with E-state index in [9.17, 15) is 0 Å². The summed E-state index contributed by atoms with van der Waals surface area (Å²) in [5.41, 5.74) is 1.34. The van der Waals surface area contributed by atoms with E-state index < -0.39 is 0 Å². The Morgan fingerprint density at radius 3 is 2.81 bits per heavy atom. The quantitative estimate of drug-likeness (QED) is 0.761. The van der Waals surface area contributed by atoms with Crippen molar-refractivity contribution in [2.75, 3.05) is 0 Å². The number of aliphatic imine (C=N–C) groups is 1. The molecule has 0 atom stereocenters. The zero-order valence-corrected chi connectivity index (χ0v) is 9.73. The maximum absolute atomic E-state index is 4.09. The molecule has 16 heavy (non-hydrogen) atoms. The Morgan fingerprint density at radius 1 is 1.06 bits per heavy atom. The molecule has 1 aliphatic heterocycles. The SMILES string of the molecule is C1=C/C=C(SCc2ccccc2)\C=C/N=C1. The summed E-state index contributed by atoms with van der Waals surface area (Å²) >= 11 is 1.82. The van der Waals surface area contributed by atoms with Gasteiger partial charge in [-0.1, -0.05) is 36.4 Å². The number of benzene rings is 1. The average Bonchev–Trinajstić information content (AvgIpc) is 2.29. The normalized spacial score (nSPS) is 19.6. The molecule has 0 spiro atoms. The van der Waals surface area contributed by atoms with Crippen LogP contribution >= 0.6 is 11.8 Å². The molecule has 80 valence electrons. The second-order valence-corrected chi connectivity index (χ2v) is 4.39. The zero-order chi connectivity index (χ0) is 11.1. The molecule has 1 aromatic rings. The number of rotatable bonds is 3. The number of thioether (sulfide) groups is 1. The molecule has 0 aromatic heterocycles. The fourth-order valence-corrected chi connectivity index (χ4v) is 2.17. The van der Waals surface area contributed by atoms with Gasteiger partial charge in [-0.3, -0.25) is 4.99 Å². The fourth-order valence-electron chi connectivity index (χ4n) is 1.31. The van der Waals surface area contributed by atoms with Crippen molar-refractivity contribution in [3.8, 4) is 0 Å². The van der Waals surface area contributed by atoms with Crippen LogP contribution in [0, 0.1) is 0 Å². The maximum Gasteiger partial charge on any atom is 0.0278 e. The lowest BCUT2D eigenvalue weighted by Gasteiger charge is -2.02. The monoisotopic (exact) mass is 227 g/mol. The second-order valence-electron chi connectivity index (χ2n) is 3.34. The smallest absolute Gasteiger partial charge is 0.0278 e. The standard InChI is InChI=1S/C14H13NS/c1-2-6-13(7-3-1)12-16-14-8-4-5-10-15-11-9-14/h1-11H,12H2/b5-4?,8-4?,10-5?,11-9-,14-8+,14-9?,15-10?,15-11?. The molecule has 1 heterocycles. The summed E-state index contributed by atoms with van der Waals surface area (Å²) in [7, 11) is 0. The topological polar surface area (TPSA) is 12.4 Å². The lowest BCUT2D eigenvalue weighted by molar-refractivity contribution is 1.42. The van der Waals surface area contributed by atoms with Gasteiger partial charge in [0.05, 0.1) is 0 Å². The van der Waals surface area contributed by atoms with Crippen LogP contribution in [0.1, 0.15) is 5.56 Å². The summed E-state index contributed by atoms with van der Waals surface area (Å²) < 4.78 is 0. The first-order valence-electron chi connectivity index (χ1n) is 5.18. The van der Waals surface area contributed by atoms with Crippen molar-refractivity contribution in [3.63, 3.8) is 0 Å². The number of hydrogen-bond donors (Lipinski definition) is 0. The summed E-state index contributed by atoms with van der Waals surface area (Å²) in [5.74, 6) is 0.995. The minimum absolute atomic E-state index is 0.995. The van der Waals surface area contributed by atoms with Gasteiger partial charge in [0.25, 0.3) is 0 Å². The van der Waals surface area contributed by atoms with Gasteiger partial charge in [-0.15, -0.1) is 11.8 Å². The van der Waals surface area contributed by atoms with E-state index >= 15 is 0 Å². The molecular formula is C14H13NS. The van der Waals surface area contributed by atoms with Gasteiger partial charge >= 0.3 is 0 Å². The third-order valence-electron chi connectivity index (χ3n) is 2.12. The molecule has 0 fully saturated rings. The van der Waals surface area contributed by atoms with Crippen LogP contribution in [0.15, 0.2) is 70.7 Å². The molecule has 1 aromatic carbocycles.